The van der Waals surface area contributed by atoms with Crippen molar-refractivity contribution in [2.45, 2.75) is 6.18 Å². The first-order valence-corrected chi connectivity index (χ1v) is 5.50. The van der Waals surface area contributed by atoms with Crippen molar-refractivity contribution in [3.63, 3.8) is 0 Å². The van der Waals surface area contributed by atoms with Gasteiger partial charge in [0.1, 0.15) is 0 Å². The molecule has 1 aromatic carbocycles. The van der Waals surface area contributed by atoms with E-state index in [-0.39, 0.29) is 16.4 Å². The fourth-order valence-corrected chi connectivity index (χ4v) is 1.39. The fraction of sp³-hybridized carbons (Fsp3) is 0.125. The Balaban J connectivity index is 2.85. The van der Waals surface area contributed by atoms with Crippen LogP contribution in [0.25, 0.3) is 0 Å². The predicted octanol–water partition coefficient (Wildman–Crippen LogP) is 1.45. The van der Waals surface area contributed by atoms with E-state index in [0.717, 1.165) is 0 Å². The molecule has 0 amide bonds. The Hall–Kier alpha value is -1.65. The van der Waals surface area contributed by atoms with Gasteiger partial charge >= 0.3 is 6.18 Å². The van der Waals surface area contributed by atoms with Crippen LogP contribution in [-0.4, -0.2) is 20.8 Å². The molecule has 0 aliphatic rings. The Morgan fingerprint density at radius 3 is 2.28 bits per heavy atom. The number of benzene rings is 1. The highest BCUT2D eigenvalue weighted by molar-refractivity contribution is 7.80. The predicted molar refractivity (Wildman–Crippen MR) is 61.3 cm³/mol. The van der Waals surface area contributed by atoms with Gasteiger partial charge in [0.25, 0.3) is 11.3 Å². The molecule has 0 bridgehead atoms. The standard InChI is InChI=1S/C8H9F3N4O2S/c9-8(10,11)7(12)15(13)6-3-1-5(2-4-6)14-18(16)17/h1-4,12,14H,13H2,(H,16,17). The first-order valence-electron chi connectivity index (χ1n) is 4.40. The zero-order chi connectivity index (χ0) is 13.9. The number of anilines is 2. The van der Waals surface area contributed by atoms with E-state index in [1.807, 2.05) is 0 Å². The van der Waals surface area contributed by atoms with E-state index in [2.05, 4.69) is 4.72 Å². The zero-order valence-corrected chi connectivity index (χ0v) is 9.55. The summed E-state index contributed by atoms with van der Waals surface area (Å²) >= 11 is -2.27. The third kappa shape index (κ3) is 3.68. The normalized spacial score (nSPS) is 12.9. The van der Waals surface area contributed by atoms with Gasteiger partial charge in [0, 0.05) is 5.69 Å². The van der Waals surface area contributed by atoms with Crippen LogP contribution in [0.15, 0.2) is 24.3 Å². The molecule has 0 aromatic heterocycles. The van der Waals surface area contributed by atoms with E-state index in [1.54, 1.807) is 0 Å². The van der Waals surface area contributed by atoms with Crippen LogP contribution in [-0.2, 0) is 11.3 Å². The third-order valence-corrected chi connectivity index (χ3v) is 2.27. The maximum absolute atomic E-state index is 12.2. The van der Waals surface area contributed by atoms with Crippen LogP contribution in [0, 0.1) is 5.41 Å². The maximum Gasteiger partial charge on any atom is 0.450 e. The molecule has 1 rings (SSSR count). The number of halogens is 3. The molecule has 0 radical (unpaired) electrons. The second-order valence-electron chi connectivity index (χ2n) is 3.11. The van der Waals surface area contributed by atoms with Gasteiger partial charge in [-0.1, -0.05) is 0 Å². The van der Waals surface area contributed by atoms with Gasteiger partial charge in [0.2, 0.25) is 5.84 Å². The van der Waals surface area contributed by atoms with Crippen LogP contribution in [0.1, 0.15) is 0 Å². The smallest absolute Gasteiger partial charge is 0.289 e. The van der Waals surface area contributed by atoms with Crippen molar-refractivity contribution in [2.24, 2.45) is 5.84 Å². The molecule has 18 heavy (non-hydrogen) atoms. The van der Waals surface area contributed by atoms with Crippen molar-refractivity contribution < 1.29 is 21.9 Å². The van der Waals surface area contributed by atoms with Gasteiger partial charge in [-0.05, 0) is 24.3 Å². The van der Waals surface area contributed by atoms with E-state index in [9.17, 15) is 17.4 Å². The number of rotatable bonds is 3. The summed E-state index contributed by atoms with van der Waals surface area (Å²) < 4.78 is 57.7. The van der Waals surface area contributed by atoms with Gasteiger partial charge in [-0.15, -0.1) is 0 Å². The maximum atomic E-state index is 12.2. The summed E-state index contributed by atoms with van der Waals surface area (Å²) in [6, 6.07) is 4.87. The molecule has 1 atom stereocenters. The Morgan fingerprint density at radius 1 is 1.39 bits per heavy atom. The minimum absolute atomic E-state index is 0.0772. The first kappa shape index (κ1) is 14.4. The van der Waals surface area contributed by atoms with E-state index < -0.39 is 23.3 Å². The lowest BCUT2D eigenvalue weighted by Gasteiger charge is -2.20. The molecule has 0 heterocycles. The number of hydrogen-bond acceptors (Lipinski definition) is 3. The van der Waals surface area contributed by atoms with Crippen molar-refractivity contribution in [3.05, 3.63) is 24.3 Å². The average molecular weight is 282 g/mol. The number of amidine groups is 1. The lowest BCUT2D eigenvalue weighted by atomic mass is 10.3. The van der Waals surface area contributed by atoms with E-state index in [0.29, 0.717) is 0 Å². The fourth-order valence-electron chi connectivity index (χ4n) is 1.06. The van der Waals surface area contributed by atoms with Crippen molar-refractivity contribution in [1.29, 1.82) is 5.41 Å². The van der Waals surface area contributed by atoms with Gasteiger partial charge in [-0.3, -0.25) is 19.7 Å². The third-order valence-electron chi connectivity index (χ3n) is 1.86. The number of hydrogen-bond donors (Lipinski definition) is 4. The Kier molecular flexibility index (Phi) is 4.27. The molecule has 5 N–H and O–H groups in total. The summed E-state index contributed by atoms with van der Waals surface area (Å²) in [5.74, 6) is 3.42. The van der Waals surface area contributed by atoms with Crippen molar-refractivity contribution in [2.75, 3.05) is 9.73 Å². The Bertz CT molecular complexity index is 462. The molecule has 0 saturated carbocycles. The van der Waals surface area contributed by atoms with Crippen molar-refractivity contribution in [3.8, 4) is 0 Å². The number of hydrazine groups is 1. The van der Waals surface area contributed by atoms with Gasteiger partial charge in [0.05, 0.1) is 5.69 Å². The number of nitrogens with two attached hydrogens (primary N) is 1. The topological polar surface area (TPSA) is 102 Å². The minimum Gasteiger partial charge on any atom is -0.289 e. The number of nitrogens with zero attached hydrogens (tertiary/aromatic N) is 1. The summed E-state index contributed by atoms with van der Waals surface area (Å²) in [6.07, 6.45) is -4.85. The summed E-state index contributed by atoms with van der Waals surface area (Å²) in [7, 11) is 0. The lowest BCUT2D eigenvalue weighted by Crippen LogP contribution is -2.45. The molecule has 1 unspecified atom stereocenters. The van der Waals surface area contributed by atoms with Crippen LogP contribution in [0.2, 0.25) is 0 Å². The highest BCUT2D eigenvalue weighted by Crippen LogP contribution is 2.22. The summed E-state index contributed by atoms with van der Waals surface area (Å²) in [6.45, 7) is 0. The molecule has 0 aliphatic carbocycles. The summed E-state index contributed by atoms with van der Waals surface area (Å²) in [5, 5.41) is 6.99. The Labute approximate surface area is 102 Å². The molecule has 0 saturated heterocycles. The molecule has 0 spiro atoms. The van der Waals surface area contributed by atoms with Gasteiger partial charge in [-0.2, -0.15) is 13.2 Å². The summed E-state index contributed by atoms with van der Waals surface area (Å²) in [5.41, 5.74) is 0.151. The van der Waals surface area contributed by atoms with Crippen LogP contribution in [0.5, 0.6) is 0 Å². The molecule has 0 fully saturated rings. The number of nitrogens with one attached hydrogen (secondary N) is 2. The highest BCUT2D eigenvalue weighted by atomic mass is 32.2. The average Bonchev–Trinajstić information content (AvgIpc) is 2.26. The van der Waals surface area contributed by atoms with Crippen LogP contribution < -0.4 is 15.6 Å². The lowest BCUT2D eigenvalue weighted by molar-refractivity contribution is -0.0610. The van der Waals surface area contributed by atoms with Gasteiger partial charge < -0.3 is 0 Å². The second kappa shape index (κ2) is 5.33. The second-order valence-corrected chi connectivity index (χ2v) is 3.82. The zero-order valence-electron chi connectivity index (χ0n) is 8.73. The van der Waals surface area contributed by atoms with Gasteiger partial charge in [-0.25, -0.2) is 10.1 Å². The van der Waals surface area contributed by atoms with E-state index >= 15 is 0 Å². The Morgan fingerprint density at radius 2 is 1.89 bits per heavy atom. The van der Waals surface area contributed by atoms with Crippen molar-refractivity contribution >= 4 is 28.5 Å². The number of alkyl halides is 3. The van der Waals surface area contributed by atoms with Crippen molar-refractivity contribution in [1.82, 2.24) is 0 Å². The first-order chi connectivity index (χ1) is 8.21. The van der Waals surface area contributed by atoms with E-state index in [4.69, 9.17) is 15.8 Å². The largest absolute Gasteiger partial charge is 0.450 e. The summed E-state index contributed by atoms with van der Waals surface area (Å²) in [4.78, 5) is 0. The van der Waals surface area contributed by atoms with E-state index in [1.165, 1.54) is 24.3 Å². The molecule has 0 aliphatic heterocycles. The quantitative estimate of drug-likeness (QED) is 0.221. The molecule has 10 heteroatoms. The van der Waals surface area contributed by atoms with Crippen LogP contribution in [0.3, 0.4) is 0 Å². The van der Waals surface area contributed by atoms with Crippen LogP contribution >= 0.6 is 0 Å². The van der Waals surface area contributed by atoms with Gasteiger partial charge in [0.15, 0.2) is 0 Å². The highest BCUT2D eigenvalue weighted by Gasteiger charge is 2.38. The molecule has 100 valence electrons. The SMILES string of the molecule is N=C(N(N)c1ccc(NS(=O)O)cc1)C(F)(F)F. The molecular weight excluding hydrogens is 273 g/mol. The van der Waals surface area contributed by atoms with Crippen LogP contribution in [0.4, 0.5) is 24.5 Å². The molecular formula is C8H9F3N4O2S. The monoisotopic (exact) mass is 282 g/mol. The minimum atomic E-state index is -4.85. The molecule has 6 nitrogen and oxygen atoms in total. The molecule has 1 aromatic rings.